The highest BCUT2D eigenvalue weighted by molar-refractivity contribution is 6.30. The highest BCUT2D eigenvalue weighted by Gasteiger charge is 2.11. The van der Waals surface area contributed by atoms with Crippen molar-refractivity contribution < 1.29 is 4.74 Å². The lowest BCUT2D eigenvalue weighted by Gasteiger charge is -2.08. The Balaban J connectivity index is 2.08. The summed E-state index contributed by atoms with van der Waals surface area (Å²) in [7, 11) is 0. The molecule has 0 unspecified atom stereocenters. The Kier molecular flexibility index (Phi) is 2.72. The van der Waals surface area contributed by atoms with E-state index in [0.29, 0.717) is 28.0 Å². The lowest BCUT2D eigenvalue weighted by molar-refractivity contribution is 0.467. The number of hydrogen-bond acceptors (Lipinski definition) is 5. The van der Waals surface area contributed by atoms with Crippen molar-refractivity contribution in [1.29, 1.82) is 0 Å². The van der Waals surface area contributed by atoms with Crippen molar-refractivity contribution in [1.82, 2.24) is 19.6 Å². The molecule has 0 aliphatic heterocycles. The Morgan fingerprint density at radius 1 is 1.32 bits per heavy atom. The number of rotatable bonds is 2. The number of aryl methyl sites for hydroxylation is 1. The predicted molar refractivity (Wildman–Crippen MR) is 71.5 cm³/mol. The minimum atomic E-state index is 0.331. The minimum absolute atomic E-state index is 0.331. The van der Waals surface area contributed by atoms with E-state index in [2.05, 4.69) is 15.2 Å². The molecule has 3 aromatic rings. The highest BCUT2D eigenvalue weighted by Crippen LogP contribution is 2.30. The molecule has 2 aromatic heterocycles. The molecule has 2 N–H and O–H groups in total. The Morgan fingerprint density at radius 3 is 3.00 bits per heavy atom. The Labute approximate surface area is 113 Å². The van der Waals surface area contributed by atoms with Gasteiger partial charge < -0.3 is 10.5 Å². The zero-order valence-electron chi connectivity index (χ0n) is 10.0. The summed E-state index contributed by atoms with van der Waals surface area (Å²) in [6, 6.07) is 5.00. The van der Waals surface area contributed by atoms with Crippen molar-refractivity contribution in [2.45, 2.75) is 6.92 Å². The van der Waals surface area contributed by atoms with Crippen LogP contribution in [0.3, 0.4) is 0 Å². The smallest absolute Gasteiger partial charge is 0.265 e. The van der Waals surface area contributed by atoms with Crippen molar-refractivity contribution in [3.63, 3.8) is 0 Å². The number of nitrogens with zero attached hydrogens (tertiary/aromatic N) is 4. The van der Waals surface area contributed by atoms with Crippen LogP contribution in [0.25, 0.3) is 5.65 Å². The largest absolute Gasteiger partial charge is 0.434 e. The molecule has 0 radical (unpaired) electrons. The fraction of sp³-hybridized carbons (Fsp3) is 0.0833. The molecule has 0 atom stereocenters. The third kappa shape index (κ3) is 2.06. The highest BCUT2D eigenvalue weighted by atomic mass is 35.5. The van der Waals surface area contributed by atoms with Crippen LogP contribution in [0.4, 0.5) is 5.69 Å². The van der Waals surface area contributed by atoms with Gasteiger partial charge in [0, 0.05) is 23.5 Å². The van der Waals surface area contributed by atoms with E-state index in [9.17, 15) is 0 Å². The monoisotopic (exact) mass is 275 g/mol. The average molecular weight is 276 g/mol. The number of nitrogens with two attached hydrogens (primary N) is 1. The van der Waals surface area contributed by atoms with Crippen LogP contribution in [0, 0.1) is 6.92 Å². The number of ether oxygens (including phenoxy) is 1. The lowest BCUT2D eigenvalue weighted by atomic mass is 10.3. The van der Waals surface area contributed by atoms with Crippen LogP contribution in [0.5, 0.6) is 11.6 Å². The molecule has 1 aromatic carbocycles. The second-order valence-electron chi connectivity index (χ2n) is 3.96. The minimum Gasteiger partial charge on any atom is -0.434 e. The van der Waals surface area contributed by atoms with Crippen molar-refractivity contribution in [2.24, 2.45) is 0 Å². The number of nitrogen functional groups attached to an aromatic ring is 1. The van der Waals surface area contributed by atoms with Crippen LogP contribution in [0.1, 0.15) is 5.82 Å². The number of halogens is 1. The van der Waals surface area contributed by atoms with E-state index in [1.165, 1.54) is 0 Å². The summed E-state index contributed by atoms with van der Waals surface area (Å²) in [5.41, 5.74) is 6.84. The van der Waals surface area contributed by atoms with Gasteiger partial charge in [-0.2, -0.15) is 0 Å². The normalized spacial score (nSPS) is 10.8. The first-order chi connectivity index (χ1) is 9.15. The Hall–Kier alpha value is -2.34. The molecule has 0 spiro atoms. The maximum absolute atomic E-state index is 5.92. The van der Waals surface area contributed by atoms with Crippen LogP contribution in [0.2, 0.25) is 5.02 Å². The average Bonchev–Trinajstić information content (AvgIpc) is 2.77. The molecule has 0 saturated heterocycles. The first-order valence-corrected chi connectivity index (χ1v) is 5.92. The molecule has 0 fully saturated rings. The number of benzene rings is 1. The third-order valence-corrected chi connectivity index (χ3v) is 2.88. The maximum Gasteiger partial charge on any atom is 0.265 e. The maximum atomic E-state index is 5.92. The van der Waals surface area contributed by atoms with Crippen LogP contribution < -0.4 is 10.5 Å². The Morgan fingerprint density at radius 2 is 2.16 bits per heavy atom. The lowest BCUT2D eigenvalue weighted by Crippen LogP contribution is -1.97. The second-order valence-corrected chi connectivity index (χ2v) is 4.39. The van der Waals surface area contributed by atoms with Gasteiger partial charge in [-0.3, -0.25) is 4.40 Å². The van der Waals surface area contributed by atoms with Gasteiger partial charge in [0.15, 0.2) is 5.75 Å². The molecule has 96 valence electrons. The van der Waals surface area contributed by atoms with Gasteiger partial charge in [0.2, 0.25) is 5.65 Å². The van der Waals surface area contributed by atoms with E-state index in [1.807, 2.05) is 6.92 Å². The molecule has 0 aliphatic carbocycles. The van der Waals surface area contributed by atoms with Gasteiger partial charge in [0.25, 0.3) is 5.88 Å². The van der Waals surface area contributed by atoms with Crippen LogP contribution in [-0.4, -0.2) is 19.6 Å². The topological polar surface area (TPSA) is 78.3 Å². The van der Waals surface area contributed by atoms with Gasteiger partial charge in [-0.25, -0.2) is 4.98 Å². The Bertz CT molecular complexity index is 755. The molecular formula is C12H10ClN5O. The van der Waals surface area contributed by atoms with Gasteiger partial charge in [0.05, 0.1) is 5.69 Å². The van der Waals surface area contributed by atoms with Gasteiger partial charge in [-0.1, -0.05) is 11.6 Å². The van der Waals surface area contributed by atoms with E-state index < -0.39 is 0 Å². The molecule has 7 heteroatoms. The SMILES string of the molecule is Cc1nnc2c(Oc3cc(Cl)ccc3N)nccn12. The van der Waals surface area contributed by atoms with Crippen LogP contribution >= 0.6 is 11.6 Å². The van der Waals surface area contributed by atoms with Crippen molar-refractivity contribution in [3.8, 4) is 11.6 Å². The molecule has 0 aliphatic rings. The second kappa shape index (κ2) is 4.40. The van der Waals surface area contributed by atoms with Crippen molar-refractivity contribution >= 4 is 22.9 Å². The summed E-state index contributed by atoms with van der Waals surface area (Å²) in [6.45, 7) is 1.84. The van der Waals surface area contributed by atoms with Crippen LogP contribution in [-0.2, 0) is 0 Å². The zero-order valence-corrected chi connectivity index (χ0v) is 10.8. The quantitative estimate of drug-likeness (QED) is 0.727. The standard InChI is InChI=1S/C12H10ClN5O/c1-7-16-17-11-12(15-4-5-18(7)11)19-10-6-8(13)2-3-9(10)14/h2-6H,14H2,1H3. The number of anilines is 1. The van der Waals surface area contributed by atoms with E-state index in [1.54, 1.807) is 35.0 Å². The first kappa shape index (κ1) is 11.7. The predicted octanol–water partition coefficient (Wildman–Crippen LogP) is 2.46. The summed E-state index contributed by atoms with van der Waals surface area (Å²) in [4.78, 5) is 4.14. The number of fused-ring (bicyclic) bond motifs is 1. The summed E-state index contributed by atoms with van der Waals surface area (Å²) < 4.78 is 7.45. The summed E-state index contributed by atoms with van der Waals surface area (Å²) >= 11 is 5.92. The third-order valence-electron chi connectivity index (χ3n) is 2.65. The first-order valence-electron chi connectivity index (χ1n) is 5.54. The molecule has 0 saturated carbocycles. The number of aromatic nitrogens is 4. The summed E-state index contributed by atoms with van der Waals surface area (Å²) in [6.07, 6.45) is 3.37. The molecular weight excluding hydrogens is 266 g/mol. The molecule has 3 rings (SSSR count). The van der Waals surface area contributed by atoms with Gasteiger partial charge in [-0.05, 0) is 19.1 Å². The summed E-state index contributed by atoms with van der Waals surface area (Å²) in [5, 5.41) is 8.53. The zero-order chi connectivity index (χ0) is 13.4. The van der Waals surface area contributed by atoms with Gasteiger partial charge in [-0.15, -0.1) is 10.2 Å². The van der Waals surface area contributed by atoms with Crippen molar-refractivity contribution in [2.75, 3.05) is 5.73 Å². The van der Waals surface area contributed by atoms with Gasteiger partial charge >= 0.3 is 0 Å². The van der Waals surface area contributed by atoms with E-state index >= 15 is 0 Å². The molecule has 2 heterocycles. The molecule has 0 bridgehead atoms. The fourth-order valence-electron chi connectivity index (χ4n) is 1.69. The molecule has 0 amide bonds. The van der Waals surface area contributed by atoms with E-state index in [4.69, 9.17) is 22.1 Å². The summed E-state index contributed by atoms with van der Waals surface area (Å²) in [5.74, 6) is 1.52. The van der Waals surface area contributed by atoms with Crippen LogP contribution in [0.15, 0.2) is 30.6 Å². The fourth-order valence-corrected chi connectivity index (χ4v) is 1.85. The van der Waals surface area contributed by atoms with E-state index in [0.717, 1.165) is 5.82 Å². The molecule has 6 nitrogen and oxygen atoms in total. The van der Waals surface area contributed by atoms with Gasteiger partial charge in [0.1, 0.15) is 5.82 Å². The number of hydrogen-bond donors (Lipinski definition) is 1. The molecule has 19 heavy (non-hydrogen) atoms. The van der Waals surface area contributed by atoms with E-state index in [-0.39, 0.29) is 0 Å². The van der Waals surface area contributed by atoms with Crippen molar-refractivity contribution in [3.05, 3.63) is 41.4 Å².